The Morgan fingerprint density at radius 2 is 1.76 bits per heavy atom. The second-order valence-corrected chi connectivity index (χ2v) is 9.47. The molecule has 1 aromatic heterocycles. The molecule has 1 N–H and O–H groups in total. The summed E-state index contributed by atoms with van der Waals surface area (Å²) in [4.78, 5) is 18.4. The van der Waals surface area contributed by atoms with Crippen molar-refractivity contribution in [3.8, 4) is 11.1 Å². The summed E-state index contributed by atoms with van der Waals surface area (Å²) >= 11 is 0. The molecular weight excluding hydrogens is 476 g/mol. The Morgan fingerprint density at radius 3 is 2.41 bits per heavy atom. The Labute approximate surface area is 214 Å². The third-order valence-corrected chi connectivity index (χ3v) is 5.47. The average Bonchev–Trinajstić information content (AvgIpc) is 3.37. The van der Waals surface area contributed by atoms with Gasteiger partial charge in [-0.3, -0.25) is 9.58 Å². The van der Waals surface area contributed by atoms with Crippen LogP contribution in [0.15, 0.2) is 79.4 Å². The SMILES string of the molecule is CC(C)(C)OC(=O)N(Cc1ccc(F)cc1)c1ccc(NCCn2cncn2)c(-c2ccccc2)c1F. The number of nitrogens with zero attached hydrogens (tertiary/aromatic N) is 4. The number of ether oxygens (including phenoxy) is 1. The zero-order chi connectivity index (χ0) is 26.4. The fourth-order valence-corrected chi connectivity index (χ4v) is 3.80. The van der Waals surface area contributed by atoms with Crippen molar-refractivity contribution < 1.29 is 18.3 Å². The molecule has 1 heterocycles. The third kappa shape index (κ3) is 6.69. The first-order valence-corrected chi connectivity index (χ1v) is 11.9. The topological polar surface area (TPSA) is 72.3 Å². The molecule has 0 saturated carbocycles. The molecule has 0 saturated heterocycles. The maximum atomic E-state index is 16.4. The predicted molar refractivity (Wildman–Crippen MR) is 139 cm³/mol. The number of nitrogens with one attached hydrogen (secondary N) is 1. The van der Waals surface area contributed by atoms with Crippen molar-refractivity contribution in [3.05, 3.63) is 96.6 Å². The first-order valence-electron chi connectivity index (χ1n) is 11.9. The zero-order valence-corrected chi connectivity index (χ0v) is 21.0. The molecule has 1 amide bonds. The molecule has 192 valence electrons. The van der Waals surface area contributed by atoms with Gasteiger partial charge < -0.3 is 10.1 Å². The number of aromatic nitrogens is 3. The molecule has 0 aliphatic carbocycles. The highest BCUT2D eigenvalue weighted by Gasteiger charge is 2.28. The number of benzene rings is 3. The van der Waals surface area contributed by atoms with Crippen LogP contribution in [0.3, 0.4) is 0 Å². The maximum Gasteiger partial charge on any atom is 0.415 e. The number of carbonyl (C=O) groups excluding carboxylic acids is 1. The van der Waals surface area contributed by atoms with Crippen molar-refractivity contribution in [1.29, 1.82) is 0 Å². The largest absolute Gasteiger partial charge is 0.443 e. The number of carbonyl (C=O) groups is 1. The molecule has 0 atom stereocenters. The van der Waals surface area contributed by atoms with Crippen LogP contribution >= 0.6 is 0 Å². The van der Waals surface area contributed by atoms with Gasteiger partial charge >= 0.3 is 6.09 Å². The van der Waals surface area contributed by atoms with Crippen LogP contribution in [0.4, 0.5) is 25.0 Å². The molecule has 0 fully saturated rings. The van der Waals surface area contributed by atoms with E-state index in [1.165, 1.54) is 23.4 Å². The van der Waals surface area contributed by atoms with E-state index in [2.05, 4.69) is 15.4 Å². The van der Waals surface area contributed by atoms with Crippen LogP contribution < -0.4 is 10.2 Å². The van der Waals surface area contributed by atoms with E-state index in [-0.39, 0.29) is 12.2 Å². The van der Waals surface area contributed by atoms with Crippen LogP contribution in [0.2, 0.25) is 0 Å². The van der Waals surface area contributed by atoms with Crippen LogP contribution in [0.25, 0.3) is 11.1 Å². The van der Waals surface area contributed by atoms with Crippen LogP contribution in [0.1, 0.15) is 26.3 Å². The first kappa shape index (κ1) is 25.8. The molecule has 4 rings (SSSR count). The van der Waals surface area contributed by atoms with Crippen molar-refractivity contribution in [2.24, 2.45) is 0 Å². The molecule has 3 aromatic carbocycles. The lowest BCUT2D eigenvalue weighted by atomic mass is 10.0. The lowest BCUT2D eigenvalue weighted by molar-refractivity contribution is 0.0576. The first-order chi connectivity index (χ1) is 17.7. The molecule has 4 aromatic rings. The summed E-state index contributed by atoms with van der Waals surface area (Å²) in [6.45, 7) is 6.25. The summed E-state index contributed by atoms with van der Waals surface area (Å²) < 4.78 is 37.1. The Kier molecular flexibility index (Phi) is 7.81. The minimum absolute atomic E-state index is 0.000578. The van der Waals surface area contributed by atoms with Crippen LogP contribution in [-0.2, 0) is 17.8 Å². The highest BCUT2D eigenvalue weighted by molar-refractivity contribution is 5.91. The normalized spacial score (nSPS) is 11.3. The molecular formula is C28H29F2N5O2. The highest BCUT2D eigenvalue weighted by Crippen LogP contribution is 2.37. The van der Waals surface area contributed by atoms with Crippen molar-refractivity contribution >= 4 is 17.5 Å². The summed E-state index contributed by atoms with van der Waals surface area (Å²) in [5.74, 6) is -0.976. The minimum Gasteiger partial charge on any atom is -0.443 e. The van der Waals surface area contributed by atoms with Gasteiger partial charge in [0.2, 0.25) is 0 Å². The smallest absolute Gasteiger partial charge is 0.415 e. The van der Waals surface area contributed by atoms with E-state index in [1.807, 2.05) is 30.3 Å². The maximum absolute atomic E-state index is 16.4. The third-order valence-electron chi connectivity index (χ3n) is 5.47. The Hall–Kier alpha value is -4.27. The van der Waals surface area contributed by atoms with E-state index >= 15 is 4.39 Å². The molecule has 37 heavy (non-hydrogen) atoms. The summed E-state index contributed by atoms with van der Waals surface area (Å²) in [7, 11) is 0. The van der Waals surface area contributed by atoms with Gasteiger partial charge in [-0.1, -0.05) is 42.5 Å². The quantitative estimate of drug-likeness (QED) is 0.305. The number of hydrogen-bond donors (Lipinski definition) is 1. The van der Waals surface area contributed by atoms with Crippen molar-refractivity contribution in [3.63, 3.8) is 0 Å². The lowest BCUT2D eigenvalue weighted by Crippen LogP contribution is -2.37. The van der Waals surface area contributed by atoms with Crippen LogP contribution in [0.5, 0.6) is 0 Å². The highest BCUT2D eigenvalue weighted by atomic mass is 19.1. The molecule has 0 bridgehead atoms. The van der Waals surface area contributed by atoms with Gasteiger partial charge in [0.05, 0.1) is 18.8 Å². The van der Waals surface area contributed by atoms with Crippen LogP contribution in [0, 0.1) is 11.6 Å². The minimum atomic E-state index is -0.792. The van der Waals surface area contributed by atoms with E-state index in [9.17, 15) is 9.18 Å². The zero-order valence-electron chi connectivity index (χ0n) is 21.0. The van der Waals surface area contributed by atoms with E-state index in [4.69, 9.17) is 4.74 Å². The van der Waals surface area contributed by atoms with E-state index < -0.39 is 23.3 Å². The number of anilines is 2. The fraction of sp³-hybridized carbons (Fsp3) is 0.250. The standard InChI is InChI=1S/C28H29F2N5O2/c1-28(2,3)37-27(36)35(17-20-9-11-22(29)12-10-20)24-14-13-23(32-15-16-34-19-31-18-33-34)25(26(24)30)21-7-5-4-6-8-21/h4-14,18-19,32H,15-17H2,1-3H3. The summed E-state index contributed by atoms with van der Waals surface area (Å²) in [5, 5.41) is 7.36. The number of amides is 1. The molecule has 0 radical (unpaired) electrons. The molecule has 0 aliphatic heterocycles. The van der Waals surface area contributed by atoms with Gasteiger partial charge in [-0.05, 0) is 56.2 Å². The summed E-state index contributed by atoms with van der Waals surface area (Å²) in [5.41, 5.74) is 1.43. The Morgan fingerprint density at radius 1 is 1.03 bits per heavy atom. The van der Waals surface area contributed by atoms with E-state index in [0.717, 1.165) is 0 Å². The Bertz CT molecular complexity index is 1320. The summed E-state index contributed by atoms with van der Waals surface area (Å²) in [6.07, 6.45) is 2.36. The molecule has 0 unspecified atom stereocenters. The predicted octanol–water partition coefficient (Wildman–Crippen LogP) is 6.28. The molecule has 0 spiro atoms. The lowest BCUT2D eigenvalue weighted by Gasteiger charge is -2.29. The van der Waals surface area contributed by atoms with Gasteiger partial charge in [-0.25, -0.2) is 18.6 Å². The molecule has 0 aliphatic rings. The molecule has 7 nitrogen and oxygen atoms in total. The average molecular weight is 506 g/mol. The van der Waals surface area contributed by atoms with E-state index in [0.29, 0.717) is 35.5 Å². The number of hydrogen-bond acceptors (Lipinski definition) is 5. The monoisotopic (exact) mass is 505 g/mol. The second-order valence-electron chi connectivity index (χ2n) is 9.47. The van der Waals surface area contributed by atoms with Gasteiger partial charge in [-0.15, -0.1) is 0 Å². The number of rotatable bonds is 8. The van der Waals surface area contributed by atoms with Crippen molar-refractivity contribution in [2.45, 2.75) is 39.5 Å². The van der Waals surface area contributed by atoms with Crippen LogP contribution in [-0.4, -0.2) is 33.0 Å². The Balaban J connectivity index is 1.73. The van der Waals surface area contributed by atoms with Gasteiger partial charge in [0, 0.05) is 17.8 Å². The van der Waals surface area contributed by atoms with Gasteiger partial charge in [0.1, 0.15) is 24.1 Å². The van der Waals surface area contributed by atoms with Gasteiger partial charge in [-0.2, -0.15) is 5.10 Å². The second kappa shape index (κ2) is 11.2. The van der Waals surface area contributed by atoms with E-state index in [1.54, 1.807) is 56.0 Å². The van der Waals surface area contributed by atoms with Crippen molar-refractivity contribution in [1.82, 2.24) is 14.8 Å². The molecule has 9 heteroatoms. The summed E-state index contributed by atoms with van der Waals surface area (Å²) in [6, 6.07) is 18.1. The number of halogens is 2. The fourth-order valence-electron chi connectivity index (χ4n) is 3.80. The van der Waals surface area contributed by atoms with Gasteiger partial charge in [0.25, 0.3) is 0 Å². The van der Waals surface area contributed by atoms with Crippen molar-refractivity contribution in [2.75, 3.05) is 16.8 Å². The van der Waals surface area contributed by atoms with Gasteiger partial charge in [0.15, 0.2) is 5.82 Å².